The van der Waals surface area contributed by atoms with Crippen LogP contribution in [-0.4, -0.2) is 10.8 Å². The van der Waals surface area contributed by atoms with E-state index in [0.29, 0.717) is 11.4 Å². The van der Waals surface area contributed by atoms with Crippen LogP contribution in [0.4, 0.5) is 4.39 Å². The minimum Gasteiger partial charge on any atom is -0.453 e. The van der Waals surface area contributed by atoms with Crippen LogP contribution in [0.2, 0.25) is 0 Å². The van der Waals surface area contributed by atoms with Crippen molar-refractivity contribution in [2.24, 2.45) is 5.73 Å². The molecular weight excluding hydrogens is 233 g/mol. The minimum absolute atomic E-state index is 0.122. The van der Waals surface area contributed by atoms with Crippen molar-refractivity contribution < 1.29 is 9.13 Å². The average Bonchev–Trinajstić information content (AvgIpc) is 2.34. The van der Waals surface area contributed by atoms with Gasteiger partial charge in [0.15, 0.2) is 11.6 Å². The van der Waals surface area contributed by atoms with E-state index in [1.54, 1.807) is 24.3 Å². The number of ether oxygens (including phenoxy) is 1. The first-order valence-corrected chi connectivity index (χ1v) is 5.31. The number of nitrogens with one attached hydrogen (secondary N) is 1. The van der Waals surface area contributed by atoms with Crippen molar-refractivity contribution >= 4 is 5.84 Å². The number of halogens is 1. The summed E-state index contributed by atoms with van der Waals surface area (Å²) in [7, 11) is 0. The van der Waals surface area contributed by atoms with E-state index < -0.39 is 5.82 Å². The molecule has 1 heterocycles. The number of nitrogens with zero attached hydrogens (tertiary/aromatic N) is 1. The molecule has 1 aromatic heterocycles. The lowest BCUT2D eigenvalue weighted by atomic mass is 10.2. The van der Waals surface area contributed by atoms with Crippen LogP contribution >= 0.6 is 0 Å². The predicted octanol–water partition coefficient (Wildman–Crippen LogP) is 2.61. The van der Waals surface area contributed by atoms with E-state index in [1.165, 1.54) is 12.3 Å². The molecule has 0 saturated carbocycles. The van der Waals surface area contributed by atoms with Gasteiger partial charge in [-0.2, -0.15) is 0 Å². The molecule has 0 atom stereocenters. The number of nitrogen functional groups attached to an aromatic ring is 1. The topological polar surface area (TPSA) is 72.0 Å². The highest BCUT2D eigenvalue weighted by atomic mass is 19.1. The molecule has 92 valence electrons. The number of nitrogens with two attached hydrogens (primary N) is 1. The molecule has 18 heavy (non-hydrogen) atoms. The smallest absolute Gasteiger partial charge is 0.165 e. The second kappa shape index (κ2) is 4.83. The van der Waals surface area contributed by atoms with Crippen LogP contribution in [0.3, 0.4) is 0 Å². The van der Waals surface area contributed by atoms with Crippen molar-refractivity contribution in [3.8, 4) is 11.5 Å². The number of hydrogen-bond donors (Lipinski definition) is 2. The molecule has 0 unspecified atom stereocenters. The lowest BCUT2D eigenvalue weighted by molar-refractivity contribution is 0.440. The Morgan fingerprint density at radius 1 is 1.33 bits per heavy atom. The quantitative estimate of drug-likeness (QED) is 0.645. The van der Waals surface area contributed by atoms with E-state index in [2.05, 4.69) is 4.98 Å². The molecule has 2 aromatic rings. The highest BCUT2D eigenvalue weighted by Crippen LogP contribution is 2.24. The zero-order valence-electron chi connectivity index (χ0n) is 9.77. The molecule has 0 aliphatic carbocycles. The first kappa shape index (κ1) is 12.0. The van der Waals surface area contributed by atoms with Gasteiger partial charge in [-0.05, 0) is 36.8 Å². The van der Waals surface area contributed by atoms with Gasteiger partial charge in [0, 0.05) is 0 Å². The molecule has 0 aliphatic rings. The molecule has 3 N–H and O–H groups in total. The summed E-state index contributed by atoms with van der Waals surface area (Å²) < 4.78 is 18.8. The van der Waals surface area contributed by atoms with Crippen molar-refractivity contribution in [2.75, 3.05) is 0 Å². The zero-order valence-corrected chi connectivity index (χ0v) is 9.77. The Morgan fingerprint density at radius 3 is 2.72 bits per heavy atom. The number of aryl methyl sites for hydroxylation is 1. The van der Waals surface area contributed by atoms with E-state index in [-0.39, 0.29) is 11.6 Å². The molecule has 0 radical (unpaired) electrons. The van der Waals surface area contributed by atoms with Gasteiger partial charge in [-0.25, -0.2) is 9.37 Å². The average molecular weight is 245 g/mol. The third-order valence-corrected chi connectivity index (χ3v) is 2.33. The Labute approximate surface area is 104 Å². The third-order valence-electron chi connectivity index (χ3n) is 2.33. The standard InChI is InChI=1S/C13H12FN3O/c1-8-2-4-10(14)12(6-8)18-9-3-5-11(13(15)16)17-7-9/h2-7H,1H3,(H3,15,16). The van der Waals surface area contributed by atoms with Crippen LogP contribution in [0.5, 0.6) is 11.5 Å². The number of benzene rings is 1. The molecule has 4 nitrogen and oxygen atoms in total. The van der Waals surface area contributed by atoms with Crippen molar-refractivity contribution in [3.63, 3.8) is 0 Å². The second-order valence-corrected chi connectivity index (χ2v) is 3.83. The van der Waals surface area contributed by atoms with E-state index in [1.807, 2.05) is 6.92 Å². The van der Waals surface area contributed by atoms with Gasteiger partial charge in [0.25, 0.3) is 0 Å². The molecule has 0 aliphatic heterocycles. The summed E-state index contributed by atoms with van der Waals surface area (Å²) in [5.74, 6) is -0.0172. The Hall–Kier alpha value is -2.43. The number of pyridine rings is 1. The maximum atomic E-state index is 13.5. The van der Waals surface area contributed by atoms with Gasteiger partial charge >= 0.3 is 0 Å². The number of amidine groups is 1. The first-order valence-electron chi connectivity index (χ1n) is 5.31. The van der Waals surface area contributed by atoms with Crippen LogP contribution in [0.1, 0.15) is 11.3 Å². The lowest BCUT2D eigenvalue weighted by Crippen LogP contribution is -2.12. The molecule has 0 amide bonds. The van der Waals surface area contributed by atoms with Crippen LogP contribution in [0, 0.1) is 18.2 Å². The monoisotopic (exact) mass is 245 g/mol. The van der Waals surface area contributed by atoms with Crippen LogP contribution in [0.25, 0.3) is 0 Å². The van der Waals surface area contributed by atoms with Gasteiger partial charge in [-0.15, -0.1) is 0 Å². The SMILES string of the molecule is Cc1ccc(F)c(Oc2ccc(C(=N)N)nc2)c1. The molecule has 0 spiro atoms. The van der Waals surface area contributed by atoms with Gasteiger partial charge in [-0.1, -0.05) is 6.07 Å². The summed E-state index contributed by atoms with van der Waals surface area (Å²) in [6.45, 7) is 1.85. The summed E-state index contributed by atoms with van der Waals surface area (Å²) in [4.78, 5) is 3.93. The molecule has 0 fully saturated rings. The number of rotatable bonds is 3. The predicted molar refractivity (Wildman–Crippen MR) is 66.5 cm³/mol. The van der Waals surface area contributed by atoms with E-state index in [4.69, 9.17) is 15.9 Å². The van der Waals surface area contributed by atoms with Gasteiger partial charge in [0.1, 0.15) is 17.3 Å². The largest absolute Gasteiger partial charge is 0.453 e. The zero-order chi connectivity index (χ0) is 13.1. The summed E-state index contributed by atoms with van der Waals surface area (Å²) in [5.41, 5.74) is 6.54. The van der Waals surface area contributed by atoms with Crippen molar-refractivity contribution in [2.45, 2.75) is 6.92 Å². The van der Waals surface area contributed by atoms with Gasteiger partial charge < -0.3 is 10.5 Å². The fourth-order valence-corrected chi connectivity index (χ4v) is 1.42. The molecular formula is C13H12FN3O. The molecule has 1 aromatic carbocycles. The van der Waals surface area contributed by atoms with Crippen LogP contribution < -0.4 is 10.5 Å². The Kier molecular flexibility index (Phi) is 3.23. The highest BCUT2D eigenvalue weighted by molar-refractivity contribution is 5.92. The summed E-state index contributed by atoms with van der Waals surface area (Å²) in [5, 5.41) is 7.20. The Morgan fingerprint density at radius 2 is 2.11 bits per heavy atom. The van der Waals surface area contributed by atoms with E-state index >= 15 is 0 Å². The maximum Gasteiger partial charge on any atom is 0.165 e. The maximum absolute atomic E-state index is 13.5. The van der Waals surface area contributed by atoms with Gasteiger partial charge in [-0.3, -0.25) is 5.41 Å². The van der Waals surface area contributed by atoms with Crippen molar-refractivity contribution in [1.29, 1.82) is 5.41 Å². The van der Waals surface area contributed by atoms with Crippen molar-refractivity contribution in [1.82, 2.24) is 4.98 Å². The second-order valence-electron chi connectivity index (χ2n) is 3.83. The molecule has 0 saturated heterocycles. The van der Waals surface area contributed by atoms with Crippen LogP contribution in [-0.2, 0) is 0 Å². The summed E-state index contributed by atoms with van der Waals surface area (Å²) in [6.07, 6.45) is 1.40. The minimum atomic E-state index is -0.434. The molecule has 5 heteroatoms. The number of aromatic nitrogens is 1. The Balaban J connectivity index is 2.23. The fraction of sp³-hybridized carbons (Fsp3) is 0.0769. The van der Waals surface area contributed by atoms with Crippen LogP contribution in [0.15, 0.2) is 36.5 Å². The van der Waals surface area contributed by atoms with Crippen molar-refractivity contribution in [3.05, 3.63) is 53.6 Å². The third kappa shape index (κ3) is 2.63. The fourth-order valence-electron chi connectivity index (χ4n) is 1.42. The first-order chi connectivity index (χ1) is 8.56. The molecule has 0 bridgehead atoms. The summed E-state index contributed by atoms with van der Waals surface area (Å²) in [6, 6.07) is 7.76. The van der Waals surface area contributed by atoms with E-state index in [9.17, 15) is 4.39 Å². The molecule has 2 rings (SSSR count). The Bertz CT molecular complexity index is 581. The van der Waals surface area contributed by atoms with Gasteiger partial charge in [0.05, 0.1) is 6.20 Å². The van der Waals surface area contributed by atoms with E-state index in [0.717, 1.165) is 5.56 Å². The normalized spacial score (nSPS) is 10.1. The lowest BCUT2D eigenvalue weighted by Gasteiger charge is -2.07. The number of hydrogen-bond acceptors (Lipinski definition) is 3. The highest BCUT2D eigenvalue weighted by Gasteiger charge is 2.06. The summed E-state index contributed by atoms with van der Waals surface area (Å²) >= 11 is 0. The van der Waals surface area contributed by atoms with Gasteiger partial charge in [0.2, 0.25) is 0 Å².